The van der Waals surface area contributed by atoms with Crippen LogP contribution in [0.3, 0.4) is 0 Å². The van der Waals surface area contributed by atoms with E-state index in [4.69, 9.17) is 0 Å². The number of rotatable bonds is 26. The first-order valence-corrected chi connectivity index (χ1v) is 22.0. The molecule has 0 spiro atoms. The molecule has 1 aliphatic rings. The fourth-order valence-electron chi connectivity index (χ4n) is 6.99. The predicted molar refractivity (Wildman–Crippen MR) is 214 cm³/mol. The van der Waals surface area contributed by atoms with Crippen LogP contribution in [-0.4, -0.2) is 4.70 Å². The van der Waals surface area contributed by atoms with E-state index in [0.29, 0.717) is 0 Å². The molecule has 0 aliphatic carbocycles. The third-order valence-electron chi connectivity index (χ3n) is 9.78. The van der Waals surface area contributed by atoms with Gasteiger partial charge in [-0.1, -0.05) is 142 Å². The summed E-state index contributed by atoms with van der Waals surface area (Å²) in [5.41, 5.74) is 22.0. The van der Waals surface area contributed by atoms with Gasteiger partial charge in [0.05, 0.1) is 0 Å². The fourth-order valence-corrected chi connectivity index (χ4v) is 7.49. The molecule has 278 valence electrons. The molecule has 0 amide bonds. The maximum atomic E-state index is 12.1. The Morgan fingerprint density at radius 3 is 1.22 bits per heavy atom. The summed E-state index contributed by atoms with van der Waals surface area (Å²) in [6, 6.07) is 18.1. The number of hydrogen-bond acceptors (Lipinski definition) is 0. The van der Waals surface area contributed by atoms with E-state index in [1.807, 2.05) is 14.4 Å². The molecule has 2 nitrogen and oxygen atoms in total. The van der Waals surface area contributed by atoms with Crippen molar-refractivity contribution < 1.29 is 19.1 Å². The molecule has 0 atom stereocenters. The number of hydrogen-bond donors (Lipinski definition) is 0. The molecule has 3 heteroatoms. The van der Waals surface area contributed by atoms with Crippen LogP contribution in [0.5, 0.6) is 0 Å². The van der Waals surface area contributed by atoms with Crippen molar-refractivity contribution in [1.29, 1.82) is 0 Å². The number of allylic oxidation sites excluding steroid dienone is 2. The van der Waals surface area contributed by atoms with Gasteiger partial charge in [0, 0.05) is 22.3 Å². The van der Waals surface area contributed by atoms with E-state index >= 15 is 0 Å². The molecule has 1 aliphatic heterocycles. The Morgan fingerprint density at radius 1 is 0.449 bits per heavy atom. The van der Waals surface area contributed by atoms with E-state index in [0.717, 1.165) is 49.9 Å². The van der Waals surface area contributed by atoms with Crippen molar-refractivity contribution in [2.24, 2.45) is 0 Å². The molecule has 0 unspecified atom stereocenters. The van der Waals surface area contributed by atoms with Crippen LogP contribution in [0, 0.1) is 0 Å². The van der Waals surface area contributed by atoms with Crippen LogP contribution in [0.25, 0.3) is 16.9 Å². The summed E-state index contributed by atoms with van der Waals surface area (Å²) < 4.78 is 1.59. The third-order valence-corrected chi connectivity index (χ3v) is 10.8. The van der Waals surface area contributed by atoms with Crippen molar-refractivity contribution in [3.05, 3.63) is 87.5 Å². The average molecular weight is 714 g/mol. The first-order valence-electron chi connectivity index (χ1n) is 20.6. The fraction of sp³-hybridized carbons (Fsp3) is 0.652. The topological polar surface area (TPSA) is 25.3 Å². The van der Waals surface area contributed by atoms with Crippen LogP contribution >= 0.6 is 0 Å². The molecule has 0 saturated heterocycles. The SMILES string of the molecule is CCCCCCCCCCCCC1=C(c2cccc(CCCCC)c2)[N+](=[N-])C(c2cccc(CCCCC)c2)=C1CCCC.C[CH2][Ni][CH2]C. The van der Waals surface area contributed by atoms with Crippen molar-refractivity contribution in [2.45, 2.75) is 194 Å². The van der Waals surface area contributed by atoms with E-state index in [-0.39, 0.29) is 0 Å². The van der Waals surface area contributed by atoms with Crippen LogP contribution in [0.15, 0.2) is 59.7 Å². The van der Waals surface area contributed by atoms with Gasteiger partial charge >= 0.3 is 39.1 Å². The van der Waals surface area contributed by atoms with E-state index in [1.54, 1.807) is 4.70 Å². The zero-order chi connectivity index (χ0) is 35.5. The zero-order valence-corrected chi connectivity index (χ0v) is 33.8. The van der Waals surface area contributed by atoms with E-state index < -0.39 is 0 Å². The standard InChI is InChI=1S/C42H64N2.2C2H5.Ni/c1-5-9-13-14-15-16-17-18-19-22-32-40-39(31-12-8-4)41(37-29-23-27-35(33-37)25-20-10-6-2)44(43)42(40)38-30-24-28-36(34-38)26-21-11-7-3;2*1-2;/h23-24,27-30,33-34H,5-22,25-26,31-32H2,1-4H3;2*1H2,2H3;. The molecule has 49 heavy (non-hydrogen) atoms. The minimum absolute atomic E-state index is 1.02. The van der Waals surface area contributed by atoms with Gasteiger partial charge in [0.25, 0.3) is 0 Å². The summed E-state index contributed by atoms with van der Waals surface area (Å²) in [6.07, 6.45) is 27.5. The maximum absolute atomic E-state index is 12.1. The molecular formula is C46H74N2Ni. The van der Waals surface area contributed by atoms with Gasteiger partial charge in [-0.2, -0.15) is 0 Å². The number of nitrogens with zero attached hydrogens (tertiary/aromatic N) is 2. The number of unbranched alkanes of at least 4 members (excludes halogenated alkanes) is 14. The molecule has 2 aromatic rings. The summed E-state index contributed by atoms with van der Waals surface area (Å²) in [7, 11) is 0. The van der Waals surface area contributed by atoms with Crippen LogP contribution in [0.1, 0.15) is 192 Å². The normalized spacial score (nSPS) is 13.1. The first kappa shape index (κ1) is 43.2. The van der Waals surface area contributed by atoms with Crippen molar-refractivity contribution in [3.8, 4) is 0 Å². The molecular weight excluding hydrogens is 639 g/mol. The summed E-state index contributed by atoms with van der Waals surface area (Å²) in [4.78, 5) is 0. The Kier molecular flexibility index (Phi) is 24.4. The Labute approximate surface area is 310 Å². The molecule has 0 bridgehead atoms. The van der Waals surface area contributed by atoms with Gasteiger partial charge in [-0.3, -0.25) is 0 Å². The van der Waals surface area contributed by atoms with Gasteiger partial charge < -0.3 is 5.53 Å². The van der Waals surface area contributed by atoms with Gasteiger partial charge in [-0.15, -0.1) is 0 Å². The number of aryl methyl sites for hydroxylation is 2. The Morgan fingerprint density at radius 2 is 0.816 bits per heavy atom. The molecule has 0 N–H and O–H groups in total. The van der Waals surface area contributed by atoms with Crippen molar-refractivity contribution in [2.75, 3.05) is 0 Å². The molecule has 3 rings (SSSR count). The second kappa shape index (κ2) is 27.7. The monoisotopic (exact) mass is 713 g/mol. The van der Waals surface area contributed by atoms with E-state index in [2.05, 4.69) is 90.1 Å². The quantitative estimate of drug-likeness (QED) is 0.0527. The second-order valence-electron chi connectivity index (χ2n) is 13.9. The van der Waals surface area contributed by atoms with Gasteiger partial charge in [-0.05, 0) is 86.8 Å². The van der Waals surface area contributed by atoms with Crippen molar-refractivity contribution in [3.63, 3.8) is 0 Å². The van der Waals surface area contributed by atoms with Crippen molar-refractivity contribution in [1.82, 2.24) is 0 Å². The van der Waals surface area contributed by atoms with Gasteiger partial charge in [0.15, 0.2) is 0 Å². The molecule has 2 aromatic carbocycles. The molecule has 0 fully saturated rings. The van der Waals surface area contributed by atoms with E-state index in [9.17, 15) is 5.53 Å². The molecule has 0 saturated carbocycles. The summed E-state index contributed by atoms with van der Waals surface area (Å²) in [6.45, 7) is 13.5. The summed E-state index contributed by atoms with van der Waals surface area (Å²) in [5, 5.41) is 2.56. The van der Waals surface area contributed by atoms with Crippen LogP contribution in [-0.2, 0) is 27.3 Å². The minimum atomic E-state index is 1.02. The van der Waals surface area contributed by atoms with Crippen LogP contribution < -0.4 is 0 Å². The average Bonchev–Trinajstić information content (AvgIpc) is 3.39. The van der Waals surface area contributed by atoms with Crippen LogP contribution in [0.4, 0.5) is 0 Å². The second-order valence-corrected chi connectivity index (χ2v) is 15.8. The van der Waals surface area contributed by atoms with Crippen LogP contribution in [0.2, 0.25) is 10.8 Å². The zero-order valence-electron chi connectivity index (χ0n) is 32.8. The Balaban J connectivity index is 0.00000155. The number of benzene rings is 2. The van der Waals surface area contributed by atoms with Gasteiger partial charge in [0.1, 0.15) is 0 Å². The van der Waals surface area contributed by atoms with Gasteiger partial charge in [0.2, 0.25) is 11.4 Å². The first-order chi connectivity index (χ1) is 24.1. The van der Waals surface area contributed by atoms with Gasteiger partial charge in [-0.25, -0.2) is 4.70 Å². The Bertz CT molecular complexity index is 1240. The molecule has 1 heterocycles. The molecule has 0 aromatic heterocycles. The summed E-state index contributed by atoms with van der Waals surface area (Å²) >= 11 is 1.82. The molecule has 0 radical (unpaired) electrons. The third kappa shape index (κ3) is 16.3. The Hall–Kier alpha value is -1.99. The summed E-state index contributed by atoms with van der Waals surface area (Å²) in [5.74, 6) is 0. The van der Waals surface area contributed by atoms with Crippen molar-refractivity contribution >= 4 is 11.4 Å². The predicted octanol–water partition coefficient (Wildman–Crippen LogP) is 15.8. The van der Waals surface area contributed by atoms with E-state index in [1.165, 1.54) is 147 Å².